The average Bonchev–Trinajstić information content (AvgIpc) is 3.15. The van der Waals surface area contributed by atoms with Gasteiger partial charge in [0.1, 0.15) is 11.5 Å². The second kappa shape index (κ2) is 10.4. The number of aromatic nitrogens is 2. The molecule has 1 aliphatic heterocycles. The van der Waals surface area contributed by atoms with E-state index < -0.39 is 6.09 Å². The molecule has 4 rings (SSSR count). The van der Waals surface area contributed by atoms with E-state index in [1.807, 2.05) is 48.1 Å². The molecule has 8 nitrogen and oxygen atoms in total. The van der Waals surface area contributed by atoms with Crippen molar-refractivity contribution in [2.24, 2.45) is 0 Å². The fourth-order valence-corrected chi connectivity index (χ4v) is 4.10. The molecule has 0 saturated carbocycles. The Bertz CT molecular complexity index is 1110. The number of amides is 1. The van der Waals surface area contributed by atoms with Crippen LogP contribution in [0, 0.1) is 0 Å². The zero-order valence-corrected chi connectivity index (χ0v) is 19.7. The number of nitrogens with zero attached hydrogens (tertiary/aromatic N) is 4. The molecule has 1 fully saturated rings. The fraction of sp³-hybridized carbons (Fsp3) is 0.417. The summed E-state index contributed by atoms with van der Waals surface area (Å²) >= 11 is 6.10. The predicted octanol–water partition coefficient (Wildman–Crippen LogP) is 5.22. The van der Waals surface area contributed by atoms with Crippen LogP contribution in [-0.2, 0) is 11.3 Å². The molecule has 0 spiro atoms. The van der Waals surface area contributed by atoms with E-state index in [9.17, 15) is 4.79 Å². The van der Waals surface area contributed by atoms with Gasteiger partial charge >= 0.3 is 6.09 Å². The first-order chi connectivity index (χ1) is 15.9. The second-order valence-electron chi connectivity index (χ2n) is 8.39. The Hall–Kier alpha value is -2.81. The number of carbonyl (C=O) groups is 1. The maximum absolute atomic E-state index is 11.1. The summed E-state index contributed by atoms with van der Waals surface area (Å²) in [6, 6.07) is 13.2. The van der Waals surface area contributed by atoms with Crippen molar-refractivity contribution < 1.29 is 19.4 Å². The number of likely N-dealkylation sites (N-methyl/N-ethyl adjacent to an activating group) is 2. The van der Waals surface area contributed by atoms with Gasteiger partial charge in [-0.15, -0.1) is 0 Å². The van der Waals surface area contributed by atoms with Crippen molar-refractivity contribution in [3.05, 3.63) is 53.2 Å². The van der Waals surface area contributed by atoms with Crippen molar-refractivity contribution in [1.29, 1.82) is 0 Å². The predicted molar refractivity (Wildman–Crippen MR) is 127 cm³/mol. The third kappa shape index (κ3) is 5.76. The van der Waals surface area contributed by atoms with Gasteiger partial charge in [-0.25, -0.2) is 9.48 Å². The highest BCUT2D eigenvalue weighted by atomic mass is 35.5. The smallest absolute Gasteiger partial charge is 0.407 e. The van der Waals surface area contributed by atoms with Gasteiger partial charge in [-0.1, -0.05) is 17.7 Å². The largest absolute Gasteiger partial charge is 0.465 e. The Labute approximate surface area is 198 Å². The number of benzene rings is 2. The average molecular weight is 473 g/mol. The lowest BCUT2D eigenvalue weighted by Crippen LogP contribution is -2.33. The van der Waals surface area contributed by atoms with E-state index in [1.165, 1.54) is 4.90 Å². The Balaban J connectivity index is 1.61. The van der Waals surface area contributed by atoms with Crippen molar-refractivity contribution in [3.8, 4) is 11.5 Å². The van der Waals surface area contributed by atoms with Crippen molar-refractivity contribution >= 4 is 28.6 Å². The lowest BCUT2D eigenvalue weighted by atomic mass is 10.1. The summed E-state index contributed by atoms with van der Waals surface area (Å²) in [7, 11) is 3.53. The molecule has 0 radical (unpaired) electrons. The molecule has 2 heterocycles. The van der Waals surface area contributed by atoms with Crippen LogP contribution < -0.4 is 4.74 Å². The van der Waals surface area contributed by atoms with Gasteiger partial charge < -0.3 is 19.5 Å². The summed E-state index contributed by atoms with van der Waals surface area (Å²) in [6.45, 7) is 2.32. The summed E-state index contributed by atoms with van der Waals surface area (Å²) < 4.78 is 14.0. The summed E-state index contributed by atoms with van der Waals surface area (Å²) in [4.78, 5) is 14.4. The highest BCUT2D eigenvalue weighted by molar-refractivity contribution is 6.30. The molecule has 9 heteroatoms. The van der Waals surface area contributed by atoms with Crippen LogP contribution in [0.25, 0.3) is 10.9 Å². The van der Waals surface area contributed by atoms with E-state index in [0.717, 1.165) is 42.5 Å². The van der Waals surface area contributed by atoms with Crippen molar-refractivity contribution in [2.75, 3.05) is 33.8 Å². The van der Waals surface area contributed by atoms with Crippen LogP contribution in [0.5, 0.6) is 11.5 Å². The highest BCUT2D eigenvalue weighted by Gasteiger charge is 2.22. The monoisotopic (exact) mass is 472 g/mol. The van der Waals surface area contributed by atoms with Crippen LogP contribution in [-0.4, -0.2) is 64.6 Å². The number of halogens is 1. The van der Waals surface area contributed by atoms with Gasteiger partial charge in [0, 0.05) is 43.7 Å². The second-order valence-corrected chi connectivity index (χ2v) is 8.83. The molecule has 1 aromatic heterocycles. The minimum atomic E-state index is -0.935. The Morgan fingerprint density at radius 3 is 2.76 bits per heavy atom. The number of rotatable bonds is 8. The molecule has 2 aromatic carbocycles. The van der Waals surface area contributed by atoms with Gasteiger partial charge in [0.2, 0.25) is 0 Å². The lowest BCUT2D eigenvalue weighted by Gasteiger charge is -2.23. The van der Waals surface area contributed by atoms with E-state index in [2.05, 4.69) is 4.90 Å². The molecule has 1 N–H and O–H groups in total. The number of fused-ring (bicyclic) bond motifs is 1. The highest BCUT2D eigenvalue weighted by Crippen LogP contribution is 2.32. The van der Waals surface area contributed by atoms with E-state index in [-0.39, 0.29) is 6.23 Å². The molecule has 0 bridgehead atoms. The van der Waals surface area contributed by atoms with E-state index in [0.29, 0.717) is 36.2 Å². The maximum atomic E-state index is 11.1. The molecular weight excluding hydrogens is 444 g/mol. The molecule has 1 saturated heterocycles. The summed E-state index contributed by atoms with van der Waals surface area (Å²) in [5.74, 6) is 1.36. The van der Waals surface area contributed by atoms with Crippen LogP contribution in [0.2, 0.25) is 5.02 Å². The molecular formula is C24H29ClN4O4. The molecule has 1 aliphatic rings. The van der Waals surface area contributed by atoms with Crippen molar-refractivity contribution in [1.82, 2.24) is 19.6 Å². The minimum Gasteiger partial charge on any atom is -0.465 e. The van der Waals surface area contributed by atoms with Gasteiger partial charge in [-0.2, -0.15) is 5.10 Å². The van der Waals surface area contributed by atoms with Gasteiger partial charge in [0.15, 0.2) is 6.23 Å². The summed E-state index contributed by atoms with van der Waals surface area (Å²) in [5.41, 5.74) is 1.89. The van der Waals surface area contributed by atoms with Crippen LogP contribution in [0.3, 0.4) is 0 Å². The maximum Gasteiger partial charge on any atom is 0.407 e. The van der Waals surface area contributed by atoms with Crippen LogP contribution >= 0.6 is 11.6 Å². The third-order valence-electron chi connectivity index (χ3n) is 5.78. The zero-order chi connectivity index (χ0) is 23.4. The SMILES string of the molecule is CN(CCN(C)C(=O)O)Cc1nn(C2CCCCO2)c2ccc(Oc3cccc(Cl)c3)cc12. The molecule has 176 valence electrons. The third-order valence-corrected chi connectivity index (χ3v) is 6.01. The molecule has 1 atom stereocenters. The van der Waals surface area contributed by atoms with Gasteiger partial charge in [0.25, 0.3) is 0 Å². The van der Waals surface area contributed by atoms with Crippen LogP contribution in [0.4, 0.5) is 4.79 Å². The first kappa shape index (κ1) is 23.4. The fourth-order valence-electron chi connectivity index (χ4n) is 3.92. The van der Waals surface area contributed by atoms with Crippen LogP contribution in [0.15, 0.2) is 42.5 Å². The lowest BCUT2D eigenvalue weighted by molar-refractivity contribution is -0.0370. The first-order valence-corrected chi connectivity index (χ1v) is 11.5. The van der Waals surface area contributed by atoms with E-state index in [4.69, 9.17) is 31.3 Å². The van der Waals surface area contributed by atoms with Gasteiger partial charge in [0.05, 0.1) is 11.2 Å². The number of carboxylic acid groups (broad SMARTS) is 1. The van der Waals surface area contributed by atoms with Gasteiger partial charge in [-0.3, -0.25) is 4.90 Å². The molecule has 0 aliphatic carbocycles. The first-order valence-electron chi connectivity index (χ1n) is 11.1. The zero-order valence-electron chi connectivity index (χ0n) is 18.9. The number of ether oxygens (including phenoxy) is 2. The normalized spacial score (nSPS) is 16.3. The Kier molecular flexibility index (Phi) is 7.37. The number of hydrogen-bond acceptors (Lipinski definition) is 5. The molecule has 1 amide bonds. The Morgan fingerprint density at radius 1 is 1.21 bits per heavy atom. The molecule has 33 heavy (non-hydrogen) atoms. The summed E-state index contributed by atoms with van der Waals surface area (Å²) in [5, 5.41) is 15.6. The van der Waals surface area contributed by atoms with Gasteiger partial charge in [-0.05, 0) is 62.7 Å². The summed E-state index contributed by atoms with van der Waals surface area (Å²) in [6.07, 6.45) is 2.09. The molecule has 1 unspecified atom stereocenters. The van der Waals surface area contributed by atoms with Crippen molar-refractivity contribution in [2.45, 2.75) is 32.0 Å². The Morgan fingerprint density at radius 2 is 2.03 bits per heavy atom. The van der Waals surface area contributed by atoms with E-state index in [1.54, 1.807) is 13.1 Å². The number of hydrogen-bond donors (Lipinski definition) is 1. The van der Waals surface area contributed by atoms with E-state index >= 15 is 0 Å². The van der Waals surface area contributed by atoms with Crippen LogP contribution in [0.1, 0.15) is 31.2 Å². The quantitative estimate of drug-likeness (QED) is 0.484. The van der Waals surface area contributed by atoms with Crippen molar-refractivity contribution in [3.63, 3.8) is 0 Å². The minimum absolute atomic E-state index is 0.0850. The molecule has 3 aromatic rings. The standard InChI is InChI=1S/C24H29ClN4O4/c1-27(11-12-28(2)24(30)31)16-21-20-15-19(33-18-7-5-6-17(25)14-18)9-10-22(20)29(26-21)23-8-3-4-13-32-23/h5-7,9-10,14-15,23H,3-4,8,11-13,16H2,1-2H3,(H,30,31). The topological polar surface area (TPSA) is 80.1 Å².